The molecule has 0 aliphatic carbocycles. The van der Waals surface area contributed by atoms with Gasteiger partial charge in [0, 0.05) is 42.4 Å². The fourth-order valence-corrected chi connectivity index (χ4v) is 5.15. The molecule has 0 radical (unpaired) electrons. The number of methoxy groups -OCH3 is 1. The third-order valence-corrected chi connectivity index (χ3v) is 7.13. The molecule has 0 saturated carbocycles. The van der Waals surface area contributed by atoms with Crippen molar-refractivity contribution in [2.75, 3.05) is 20.3 Å². The number of rotatable bonds is 10. The van der Waals surface area contributed by atoms with Gasteiger partial charge in [-0.2, -0.15) is 0 Å². The van der Waals surface area contributed by atoms with E-state index in [1.165, 1.54) is 4.90 Å². The van der Waals surface area contributed by atoms with Gasteiger partial charge in [0.05, 0.1) is 17.0 Å². The average molecular weight is 526 g/mol. The van der Waals surface area contributed by atoms with Crippen molar-refractivity contribution in [1.29, 1.82) is 0 Å². The summed E-state index contributed by atoms with van der Waals surface area (Å²) in [6, 6.07) is 13.1. The van der Waals surface area contributed by atoms with E-state index in [1.807, 2.05) is 29.0 Å². The number of imide groups is 1. The first-order valence-electron chi connectivity index (χ1n) is 11.8. The van der Waals surface area contributed by atoms with Gasteiger partial charge in [0.25, 0.3) is 11.1 Å². The minimum atomic E-state index is -0.330. The lowest BCUT2D eigenvalue weighted by Gasteiger charge is -2.12. The van der Waals surface area contributed by atoms with Gasteiger partial charge in [-0.05, 0) is 53.9 Å². The molecule has 0 spiro atoms. The van der Waals surface area contributed by atoms with Gasteiger partial charge in [-0.3, -0.25) is 19.3 Å². The number of fused-ring (bicyclic) bond motifs is 1. The molecule has 3 aromatic rings. The van der Waals surface area contributed by atoms with E-state index < -0.39 is 0 Å². The SMILES string of the molecule is CCc1cccc2c(/C=C3\SC(=O)N(Cc4ccc(Cl)cc4)C3=O)cn(CC(=O)NCCCOC)c12. The molecule has 188 valence electrons. The lowest BCUT2D eigenvalue weighted by molar-refractivity contribution is -0.123. The van der Waals surface area contributed by atoms with Gasteiger partial charge in [-0.1, -0.05) is 48.9 Å². The third kappa shape index (κ3) is 5.83. The van der Waals surface area contributed by atoms with Gasteiger partial charge in [0.1, 0.15) is 6.54 Å². The summed E-state index contributed by atoms with van der Waals surface area (Å²) in [6.07, 6.45) is 5.17. The first-order valence-corrected chi connectivity index (χ1v) is 13.0. The number of aryl methyl sites for hydroxylation is 1. The normalized spacial score (nSPS) is 14.9. The lowest BCUT2D eigenvalue weighted by atomic mass is 10.1. The highest BCUT2D eigenvalue weighted by atomic mass is 35.5. The number of para-hydroxylation sites is 1. The number of amides is 3. The number of ether oxygens (including phenoxy) is 1. The van der Waals surface area contributed by atoms with Crippen molar-refractivity contribution in [2.24, 2.45) is 0 Å². The number of benzene rings is 2. The second-order valence-electron chi connectivity index (χ2n) is 8.47. The summed E-state index contributed by atoms with van der Waals surface area (Å²) in [5.74, 6) is -0.424. The van der Waals surface area contributed by atoms with Crippen molar-refractivity contribution in [2.45, 2.75) is 32.9 Å². The van der Waals surface area contributed by atoms with Crippen molar-refractivity contribution < 1.29 is 19.1 Å². The zero-order chi connectivity index (χ0) is 25.7. The molecule has 4 rings (SSSR count). The Hall–Kier alpha value is -3.07. The molecule has 7 nitrogen and oxygen atoms in total. The second kappa shape index (κ2) is 11.8. The van der Waals surface area contributed by atoms with Gasteiger partial charge in [-0.25, -0.2) is 0 Å². The zero-order valence-corrected chi connectivity index (χ0v) is 21.8. The van der Waals surface area contributed by atoms with Crippen LogP contribution >= 0.6 is 23.4 Å². The van der Waals surface area contributed by atoms with Crippen LogP contribution in [0.4, 0.5) is 4.79 Å². The summed E-state index contributed by atoms with van der Waals surface area (Å²) < 4.78 is 6.95. The van der Waals surface area contributed by atoms with E-state index in [9.17, 15) is 14.4 Å². The molecule has 0 bridgehead atoms. The molecular formula is C27H28ClN3O4S. The van der Waals surface area contributed by atoms with Crippen LogP contribution in [0.5, 0.6) is 0 Å². The molecule has 1 saturated heterocycles. The minimum Gasteiger partial charge on any atom is -0.385 e. The van der Waals surface area contributed by atoms with Gasteiger partial charge in [0.15, 0.2) is 0 Å². The Morgan fingerprint density at radius 2 is 1.94 bits per heavy atom. The molecule has 1 N–H and O–H groups in total. The highest BCUT2D eigenvalue weighted by molar-refractivity contribution is 8.18. The number of carbonyl (C=O) groups is 3. The molecule has 1 fully saturated rings. The molecule has 36 heavy (non-hydrogen) atoms. The Balaban J connectivity index is 1.60. The van der Waals surface area contributed by atoms with E-state index in [1.54, 1.807) is 37.5 Å². The molecule has 0 atom stereocenters. The molecule has 0 unspecified atom stereocenters. The Labute approximate surface area is 219 Å². The predicted octanol–water partition coefficient (Wildman–Crippen LogP) is 5.25. The topological polar surface area (TPSA) is 80.6 Å². The first-order chi connectivity index (χ1) is 17.4. The van der Waals surface area contributed by atoms with Crippen LogP contribution < -0.4 is 5.32 Å². The van der Waals surface area contributed by atoms with Gasteiger partial charge < -0.3 is 14.6 Å². The van der Waals surface area contributed by atoms with E-state index in [0.717, 1.165) is 52.2 Å². The monoisotopic (exact) mass is 525 g/mol. The Morgan fingerprint density at radius 1 is 1.17 bits per heavy atom. The molecule has 1 aromatic heterocycles. The predicted molar refractivity (Wildman–Crippen MR) is 144 cm³/mol. The summed E-state index contributed by atoms with van der Waals surface area (Å²) >= 11 is 6.88. The number of thioether (sulfide) groups is 1. The number of nitrogens with zero attached hydrogens (tertiary/aromatic N) is 2. The lowest BCUT2D eigenvalue weighted by Crippen LogP contribution is -2.28. The van der Waals surface area contributed by atoms with Crippen LogP contribution in [0.1, 0.15) is 30.0 Å². The van der Waals surface area contributed by atoms with E-state index in [4.69, 9.17) is 16.3 Å². The Kier molecular flexibility index (Phi) is 8.51. The van der Waals surface area contributed by atoms with Crippen molar-refractivity contribution >= 4 is 57.4 Å². The van der Waals surface area contributed by atoms with Gasteiger partial charge in [-0.15, -0.1) is 0 Å². The van der Waals surface area contributed by atoms with Crippen LogP contribution in [0.3, 0.4) is 0 Å². The quantitative estimate of drug-likeness (QED) is 0.289. The number of carbonyl (C=O) groups excluding carboxylic acids is 3. The maximum Gasteiger partial charge on any atom is 0.293 e. The fraction of sp³-hybridized carbons (Fsp3) is 0.296. The smallest absolute Gasteiger partial charge is 0.293 e. The number of halogens is 1. The van der Waals surface area contributed by atoms with Crippen molar-refractivity contribution in [3.63, 3.8) is 0 Å². The fourth-order valence-electron chi connectivity index (χ4n) is 4.20. The van der Waals surface area contributed by atoms with Crippen molar-refractivity contribution in [3.05, 3.63) is 75.3 Å². The molecule has 3 amide bonds. The maximum atomic E-state index is 13.1. The molecule has 2 heterocycles. The molecule has 1 aliphatic heterocycles. The second-order valence-corrected chi connectivity index (χ2v) is 9.90. The molecule has 1 aliphatic rings. The van der Waals surface area contributed by atoms with Crippen LogP contribution in [0, 0.1) is 0 Å². The van der Waals surface area contributed by atoms with Crippen LogP contribution in [-0.4, -0.2) is 46.8 Å². The number of hydrogen-bond donors (Lipinski definition) is 1. The summed E-state index contributed by atoms with van der Waals surface area (Å²) in [7, 11) is 1.63. The molecule has 9 heteroatoms. The standard InChI is InChI=1S/C27H28ClN3O4S/c1-3-19-6-4-7-22-20(16-30(25(19)22)17-24(32)29-12-5-13-35-2)14-23-26(33)31(27(34)36-23)15-18-8-10-21(28)11-9-18/h4,6-11,14,16H,3,5,12-13,15,17H2,1-2H3,(H,29,32)/b23-14-. The van der Waals surface area contributed by atoms with Crippen LogP contribution in [0.2, 0.25) is 5.02 Å². The van der Waals surface area contributed by atoms with E-state index >= 15 is 0 Å². The Morgan fingerprint density at radius 3 is 2.67 bits per heavy atom. The van der Waals surface area contributed by atoms with Crippen LogP contribution in [-0.2, 0) is 33.8 Å². The summed E-state index contributed by atoms with van der Waals surface area (Å²) in [6.45, 7) is 3.54. The first kappa shape index (κ1) is 26.0. The Bertz CT molecular complexity index is 1320. The van der Waals surface area contributed by atoms with Crippen molar-refractivity contribution in [1.82, 2.24) is 14.8 Å². The van der Waals surface area contributed by atoms with E-state index in [-0.39, 0.29) is 30.1 Å². The highest BCUT2D eigenvalue weighted by Crippen LogP contribution is 2.35. The largest absolute Gasteiger partial charge is 0.385 e. The summed E-state index contributed by atoms with van der Waals surface area (Å²) in [5, 5.41) is 4.14. The van der Waals surface area contributed by atoms with E-state index in [2.05, 4.69) is 12.2 Å². The maximum absolute atomic E-state index is 13.1. The molecule has 2 aromatic carbocycles. The summed E-state index contributed by atoms with van der Waals surface area (Å²) in [5.41, 5.74) is 3.68. The van der Waals surface area contributed by atoms with Gasteiger partial charge >= 0.3 is 0 Å². The number of aromatic nitrogens is 1. The minimum absolute atomic E-state index is 0.0938. The number of nitrogens with one attached hydrogen (secondary N) is 1. The number of hydrogen-bond acceptors (Lipinski definition) is 5. The van der Waals surface area contributed by atoms with E-state index in [0.29, 0.717) is 23.1 Å². The van der Waals surface area contributed by atoms with Gasteiger partial charge in [0.2, 0.25) is 5.91 Å². The molecular weight excluding hydrogens is 498 g/mol. The van der Waals surface area contributed by atoms with Crippen LogP contribution in [0.15, 0.2) is 53.6 Å². The van der Waals surface area contributed by atoms with Crippen LogP contribution in [0.25, 0.3) is 17.0 Å². The third-order valence-electron chi connectivity index (χ3n) is 5.97. The summed E-state index contributed by atoms with van der Waals surface area (Å²) in [4.78, 5) is 40.0. The van der Waals surface area contributed by atoms with Crippen molar-refractivity contribution in [3.8, 4) is 0 Å². The zero-order valence-electron chi connectivity index (χ0n) is 20.3. The average Bonchev–Trinajstić information content (AvgIpc) is 3.34. The highest BCUT2D eigenvalue weighted by Gasteiger charge is 2.35.